The highest BCUT2D eigenvalue weighted by Crippen LogP contribution is 2.32. The largest absolute Gasteiger partial charge is 0.378 e. The molecule has 1 N–H and O–H groups in total. The second-order valence-electron chi connectivity index (χ2n) is 8.87. The van der Waals surface area contributed by atoms with Crippen LogP contribution in [0.4, 0.5) is 5.69 Å². The van der Waals surface area contributed by atoms with E-state index in [2.05, 4.69) is 21.0 Å². The van der Waals surface area contributed by atoms with Gasteiger partial charge in [-0.05, 0) is 47.9 Å². The van der Waals surface area contributed by atoms with Gasteiger partial charge in [0.05, 0.1) is 13.2 Å². The van der Waals surface area contributed by atoms with Crippen molar-refractivity contribution in [3.63, 3.8) is 0 Å². The molecular weight excluding hydrogens is 442 g/mol. The summed E-state index contributed by atoms with van der Waals surface area (Å²) in [6.07, 6.45) is 6.93. The van der Waals surface area contributed by atoms with E-state index >= 15 is 0 Å². The van der Waals surface area contributed by atoms with Crippen LogP contribution in [0.3, 0.4) is 0 Å². The standard InChI is InChI=1S/C27H25N5O3/c33-25-2-1-9-32(25)21-5-3-18(4-6-21)19-14-20(17-28-16-19)22-7-8-29-26-23(22)15-24(30-26)27(34)31-10-12-35-13-11-31/h3-8,14-17H,1-2,9-13H2,(H,29,30). The zero-order chi connectivity index (χ0) is 23.8. The first-order valence-corrected chi connectivity index (χ1v) is 11.9. The highest BCUT2D eigenvalue weighted by atomic mass is 16.5. The van der Waals surface area contributed by atoms with Gasteiger partial charge in [0.1, 0.15) is 11.3 Å². The number of nitrogens with zero attached hydrogens (tertiary/aromatic N) is 4. The first-order chi connectivity index (χ1) is 17.2. The Morgan fingerprint density at radius 1 is 0.943 bits per heavy atom. The van der Waals surface area contributed by atoms with Crippen LogP contribution < -0.4 is 4.90 Å². The number of nitrogens with one attached hydrogen (secondary N) is 1. The number of benzene rings is 1. The summed E-state index contributed by atoms with van der Waals surface area (Å²) in [5, 5.41) is 0.881. The minimum Gasteiger partial charge on any atom is -0.378 e. The fourth-order valence-electron chi connectivity index (χ4n) is 4.83. The minimum absolute atomic E-state index is 0.0410. The molecule has 5 heterocycles. The summed E-state index contributed by atoms with van der Waals surface area (Å²) in [4.78, 5) is 40.8. The molecule has 0 aliphatic carbocycles. The third-order valence-corrected chi connectivity index (χ3v) is 6.70. The smallest absolute Gasteiger partial charge is 0.270 e. The van der Waals surface area contributed by atoms with Crippen LogP contribution in [-0.2, 0) is 9.53 Å². The molecule has 3 aromatic heterocycles. The molecule has 0 atom stereocenters. The van der Waals surface area contributed by atoms with Gasteiger partial charge in [-0.15, -0.1) is 0 Å². The van der Waals surface area contributed by atoms with Crippen molar-refractivity contribution in [2.75, 3.05) is 37.7 Å². The summed E-state index contributed by atoms with van der Waals surface area (Å²) >= 11 is 0. The molecule has 1 aromatic carbocycles. The quantitative estimate of drug-likeness (QED) is 0.492. The van der Waals surface area contributed by atoms with Crippen molar-refractivity contribution in [3.8, 4) is 22.3 Å². The number of morpholine rings is 1. The Kier molecular flexibility index (Phi) is 5.50. The Hall–Kier alpha value is -4.04. The molecule has 2 aliphatic rings. The third-order valence-electron chi connectivity index (χ3n) is 6.70. The van der Waals surface area contributed by atoms with Crippen molar-refractivity contribution >= 4 is 28.5 Å². The molecule has 35 heavy (non-hydrogen) atoms. The Bertz CT molecular complexity index is 1410. The summed E-state index contributed by atoms with van der Waals surface area (Å²) in [5.74, 6) is 0.141. The molecule has 0 bridgehead atoms. The molecule has 2 aliphatic heterocycles. The lowest BCUT2D eigenvalue weighted by atomic mass is 10.0. The second-order valence-corrected chi connectivity index (χ2v) is 8.87. The van der Waals surface area contributed by atoms with Crippen LogP contribution in [0.15, 0.2) is 61.1 Å². The zero-order valence-electron chi connectivity index (χ0n) is 19.2. The number of carbonyl (C=O) groups excluding carboxylic acids is 2. The topological polar surface area (TPSA) is 91.4 Å². The number of hydrogen-bond donors (Lipinski definition) is 1. The van der Waals surface area contributed by atoms with Gasteiger partial charge >= 0.3 is 0 Å². The lowest BCUT2D eigenvalue weighted by Gasteiger charge is -2.26. The molecule has 0 unspecified atom stereocenters. The molecular formula is C27H25N5O3. The lowest BCUT2D eigenvalue weighted by Crippen LogP contribution is -2.40. The monoisotopic (exact) mass is 467 g/mol. The van der Waals surface area contributed by atoms with Gasteiger partial charge in [-0.1, -0.05) is 12.1 Å². The van der Waals surface area contributed by atoms with Crippen molar-refractivity contribution < 1.29 is 14.3 Å². The molecule has 176 valence electrons. The van der Waals surface area contributed by atoms with Crippen molar-refractivity contribution in [3.05, 3.63) is 66.7 Å². The van der Waals surface area contributed by atoms with Crippen molar-refractivity contribution in [2.45, 2.75) is 12.8 Å². The number of aromatic amines is 1. The van der Waals surface area contributed by atoms with Crippen LogP contribution in [0.2, 0.25) is 0 Å². The van der Waals surface area contributed by atoms with Crippen LogP contribution in [-0.4, -0.2) is 64.5 Å². The first kappa shape index (κ1) is 21.5. The van der Waals surface area contributed by atoms with E-state index in [9.17, 15) is 9.59 Å². The lowest BCUT2D eigenvalue weighted by molar-refractivity contribution is -0.117. The van der Waals surface area contributed by atoms with Crippen LogP contribution in [0.1, 0.15) is 23.3 Å². The molecule has 2 amide bonds. The summed E-state index contributed by atoms with van der Waals surface area (Å²) in [5.41, 5.74) is 6.03. The number of amides is 2. The van der Waals surface area contributed by atoms with Crippen molar-refractivity contribution in [1.29, 1.82) is 0 Å². The van der Waals surface area contributed by atoms with E-state index in [-0.39, 0.29) is 11.8 Å². The predicted molar refractivity (Wildman–Crippen MR) is 133 cm³/mol. The molecule has 0 spiro atoms. The number of carbonyl (C=O) groups is 2. The first-order valence-electron chi connectivity index (χ1n) is 11.9. The van der Waals surface area contributed by atoms with E-state index in [1.807, 2.05) is 53.7 Å². The van der Waals surface area contributed by atoms with Crippen LogP contribution >= 0.6 is 0 Å². The number of fused-ring (bicyclic) bond motifs is 1. The summed E-state index contributed by atoms with van der Waals surface area (Å²) in [6.45, 7) is 3.07. The van der Waals surface area contributed by atoms with Gasteiger partial charge in [-0.2, -0.15) is 0 Å². The molecule has 4 aromatic rings. The maximum atomic E-state index is 13.0. The number of pyridine rings is 2. The SMILES string of the molecule is O=C(c1cc2c(-c3cncc(-c4ccc(N5CCCC5=O)cc4)c3)ccnc2[nH]1)N1CCOCC1. The van der Waals surface area contributed by atoms with Crippen LogP contribution in [0.5, 0.6) is 0 Å². The van der Waals surface area contributed by atoms with E-state index in [0.717, 1.165) is 46.3 Å². The molecule has 0 saturated carbocycles. The summed E-state index contributed by atoms with van der Waals surface area (Å²) in [7, 11) is 0. The third kappa shape index (κ3) is 4.06. The van der Waals surface area contributed by atoms with Gasteiger partial charge in [-0.25, -0.2) is 4.98 Å². The maximum Gasteiger partial charge on any atom is 0.270 e. The number of rotatable bonds is 4. The number of anilines is 1. The van der Waals surface area contributed by atoms with Crippen LogP contribution in [0.25, 0.3) is 33.3 Å². The molecule has 2 fully saturated rings. The number of H-pyrrole nitrogens is 1. The van der Waals surface area contributed by atoms with Gasteiger partial charge in [0, 0.05) is 66.8 Å². The zero-order valence-corrected chi connectivity index (χ0v) is 19.2. The highest BCUT2D eigenvalue weighted by Gasteiger charge is 2.22. The van der Waals surface area contributed by atoms with E-state index in [0.29, 0.717) is 44.1 Å². The maximum absolute atomic E-state index is 13.0. The Morgan fingerprint density at radius 2 is 1.74 bits per heavy atom. The number of hydrogen-bond acceptors (Lipinski definition) is 5. The molecule has 8 heteroatoms. The van der Waals surface area contributed by atoms with E-state index in [4.69, 9.17) is 4.74 Å². The van der Waals surface area contributed by atoms with Gasteiger partial charge < -0.3 is 19.5 Å². The summed E-state index contributed by atoms with van der Waals surface area (Å²) in [6, 6.07) is 14.0. The molecule has 8 nitrogen and oxygen atoms in total. The van der Waals surface area contributed by atoms with Crippen molar-refractivity contribution in [1.82, 2.24) is 19.9 Å². The van der Waals surface area contributed by atoms with E-state index < -0.39 is 0 Å². The Labute approximate surface area is 202 Å². The normalized spacial score (nSPS) is 16.3. The Balaban J connectivity index is 1.31. The van der Waals surface area contributed by atoms with Crippen molar-refractivity contribution in [2.24, 2.45) is 0 Å². The number of aromatic nitrogens is 3. The minimum atomic E-state index is -0.0410. The van der Waals surface area contributed by atoms with Gasteiger partial charge in [0.15, 0.2) is 0 Å². The van der Waals surface area contributed by atoms with E-state index in [1.54, 1.807) is 11.1 Å². The van der Waals surface area contributed by atoms with Gasteiger partial charge in [0.2, 0.25) is 5.91 Å². The fourth-order valence-corrected chi connectivity index (χ4v) is 4.83. The second kappa shape index (κ2) is 8.96. The van der Waals surface area contributed by atoms with Gasteiger partial charge in [-0.3, -0.25) is 14.6 Å². The number of ether oxygens (including phenoxy) is 1. The van der Waals surface area contributed by atoms with Gasteiger partial charge in [0.25, 0.3) is 5.91 Å². The predicted octanol–water partition coefficient (Wildman–Crippen LogP) is 3.89. The molecule has 0 radical (unpaired) electrons. The molecule has 6 rings (SSSR count). The highest BCUT2D eigenvalue weighted by molar-refractivity contribution is 6.02. The summed E-state index contributed by atoms with van der Waals surface area (Å²) < 4.78 is 5.37. The van der Waals surface area contributed by atoms with Crippen LogP contribution in [0, 0.1) is 0 Å². The molecule has 2 saturated heterocycles. The van der Waals surface area contributed by atoms with E-state index in [1.165, 1.54) is 0 Å². The Morgan fingerprint density at radius 3 is 2.51 bits per heavy atom. The average Bonchev–Trinajstić information content (AvgIpc) is 3.55. The average molecular weight is 468 g/mol. The fraction of sp³-hybridized carbons (Fsp3) is 0.259.